The minimum atomic E-state index is -0.634. The van der Waals surface area contributed by atoms with Crippen molar-refractivity contribution in [3.05, 3.63) is 40.6 Å². The number of benzene rings is 1. The van der Waals surface area contributed by atoms with Crippen LogP contribution < -0.4 is 5.32 Å². The first-order valence-electron chi connectivity index (χ1n) is 7.51. The predicted molar refractivity (Wildman–Crippen MR) is 94.3 cm³/mol. The second-order valence-corrected chi connectivity index (χ2v) is 7.64. The van der Waals surface area contributed by atoms with E-state index in [9.17, 15) is 23.9 Å². The summed E-state index contributed by atoms with van der Waals surface area (Å²) < 4.78 is 13.7. The van der Waals surface area contributed by atoms with Gasteiger partial charge in [0.15, 0.2) is 0 Å². The Morgan fingerprint density at radius 2 is 2.12 bits per heavy atom. The molecular weight excluding hydrogens is 367 g/mol. The van der Waals surface area contributed by atoms with Crippen LogP contribution in [0.4, 0.5) is 9.18 Å². The fourth-order valence-electron chi connectivity index (χ4n) is 2.45. The minimum absolute atomic E-state index is 0.0688. The van der Waals surface area contributed by atoms with Crippen molar-refractivity contribution in [3.63, 3.8) is 0 Å². The van der Waals surface area contributed by atoms with Crippen LogP contribution in [-0.4, -0.2) is 57.3 Å². The lowest BCUT2D eigenvalue weighted by atomic mass is 10.2. The van der Waals surface area contributed by atoms with Gasteiger partial charge in [0, 0.05) is 17.1 Å². The summed E-state index contributed by atoms with van der Waals surface area (Å²) in [6.45, 7) is -0.423. The third-order valence-electron chi connectivity index (χ3n) is 3.76. The van der Waals surface area contributed by atoms with Crippen LogP contribution in [-0.2, 0) is 9.59 Å². The number of nitrogens with zero attached hydrogens (tertiary/aromatic N) is 1. The smallest absolute Gasteiger partial charge is 0.294 e. The monoisotopic (exact) mass is 382 g/mol. The van der Waals surface area contributed by atoms with Crippen LogP contribution in [0.15, 0.2) is 29.2 Å². The van der Waals surface area contributed by atoms with E-state index in [1.165, 1.54) is 36.0 Å². The number of hydrogen-bond donors (Lipinski definition) is 2. The van der Waals surface area contributed by atoms with E-state index >= 15 is 0 Å². The SMILES string of the molecule is O=C(CN1C(=O)SC(=Cc2ccccc2F)C1=O)N[C@@H]1CSC[C@@H]1O. The molecule has 2 atom stereocenters. The number of aliphatic hydroxyl groups excluding tert-OH is 1. The molecule has 1 aromatic rings. The van der Waals surface area contributed by atoms with Gasteiger partial charge in [0.25, 0.3) is 11.1 Å². The summed E-state index contributed by atoms with van der Waals surface area (Å²) in [5.74, 6) is -0.518. The van der Waals surface area contributed by atoms with Crippen molar-refractivity contribution >= 4 is 46.7 Å². The van der Waals surface area contributed by atoms with Crippen LogP contribution in [0.5, 0.6) is 0 Å². The molecule has 3 amide bonds. The van der Waals surface area contributed by atoms with Crippen molar-refractivity contribution < 1.29 is 23.9 Å². The molecule has 3 rings (SSSR count). The van der Waals surface area contributed by atoms with Crippen molar-refractivity contribution in [2.75, 3.05) is 18.1 Å². The Hall–Kier alpha value is -1.84. The first-order chi connectivity index (χ1) is 12.0. The summed E-state index contributed by atoms with van der Waals surface area (Å²) in [7, 11) is 0. The Morgan fingerprint density at radius 3 is 2.80 bits per heavy atom. The molecule has 2 N–H and O–H groups in total. The highest BCUT2D eigenvalue weighted by Crippen LogP contribution is 2.32. The van der Waals surface area contributed by atoms with Crippen molar-refractivity contribution in [1.82, 2.24) is 10.2 Å². The summed E-state index contributed by atoms with van der Waals surface area (Å²) >= 11 is 2.19. The van der Waals surface area contributed by atoms with Crippen LogP contribution in [0, 0.1) is 5.82 Å². The largest absolute Gasteiger partial charge is 0.390 e. The van der Waals surface area contributed by atoms with E-state index < -0.39 is 35.5 Å². The lowest BCUT2D eigenvalue weighted by molar-refractivity contribution is -0.129. The fraction of sp³-hybridized carbons (Fsp3) is 0.312. The Bertz CT molecular complexity index is 755. The zero-order valence-corrected chi connectivity index (χ0v) is 14.6. The molecule has 9 heteroatoms. The minimum Gasteiger partial charge on any atom is -0.390 e. The van der Waals surface area contributed by atoms with Crippen molar-refractivity contribution in [2.45, 2.75) is 12.1 Å². The van der Waals surface area contributed by atoms with E-state index in [-0.39, 0.29) is 16.5 Å². The third-order valence-corrected chi connectivity index (χ3v) is 5.84. The first kappa shape index (κ1) is 18.0. The van der Waals surface area contributed by atoms with E-state index in [0.717, 1.165) is 4.90 Å². The zero-order valence-electron chi connectivity index (χ0n) is 13.0. The molecule has 0 radical (unpaired) electrons. The lowest BCUT2D eigenvalue weighted by Gasteiger charge is -2.18. The summed E-state index contributed by atoms with van der Waals surface area (Å²) in [6, 6.07) is 5.52. The highest BCUT2D eigenvalue weighted by molar-refractivity contribution is 8.18. The molecule has 25 heavy (non-hydrogen) atoms. The van der Waals surface area contributed by atoms with Gasteiger partial charge in [0.2, 0.25) is 5.91 Å². The molecule has 1 aromatic carbocycles. The van der Waals surface area contributed by atoms with Gasteiger partial charge in [0.1, 0.15) is 12.4 Å². The number of imide groups is 1. The molecule has 0 saturated carbocycles. The van der Waals surface area contributed by atoms with Gasteiger partial charge in [-0.2, -0.15) is 11.8 Å². The van der Waals surface area contributed by atoms with Crippen LogP contribution in [0.3, 0.4) is 0 Å². The van der Waals surface area contributed by atoms with E-state index in [0.29, 0.717) is 23.3 Å². The summed E-state index contributed by atoms with van der Waals surface area (Å²) in [5.41, 5.74) is 0.198. The maximum Gasteiger partial charge on any atom is 0.294 e. The number of carbonyl (C=O) groups excluding carboxylic acids is 3. The number of rotatable bonds is 4. The number of hydrogen-bond acceptors (Lipinski definition) is 6. The van der Waals surface area contributed by atoms with E-state index in [2.05, 4.69) is 5.32 Å². The summed E-state index contributed by atoms with van der Waals surface area (Å²) in [5, 5.41) is 11.7. The van der Waals surface area contributed by atoms with Crippen LogP contribution in [0.2, 0.25) is 0 Å². The average molecular weight is 382 g/mol. The van der Waals surface area contributed by atoms with Crippen LogP contribution >= 0.6 is 23.5 Å². The Morgan fingerprint density at radius 1 is 1.36 bits per heavy atom. The van der Waals surface area contributed by atoms with Gasteiger partial charge in [-0.3, -0.25) is 19.3 Å². The van der Waals surface area contributed by atoms with Gasteiger partial charge in [0.05, 0.1) is 17.1 Å². The van der Waals surface area contributed by atoms with E-state index in [1.54, 1.807) is 6.07 Å². The maximum atomic E-state index is 13.7. The Balaban J connectivity index is 1.67. The number of amides is 3. The molecule has 2 aliphatic heterocycles. The Kier molecular flexibility index (Phi) is 5.45. The highest BCUT2D eigenvalue weighted by Gasteiger charge is 2.37. The highest BCUT2D eigenvalue weighted by atomic mass is 32.2. The van der Waals surface area contributed by atoms with Gasteiger partial charge in [-0.1, -0.05) is 18.2 Å². The molecule has 0 aromatic heterocycles. The normalized spacial score (nSPS) is 25.0. The molecule has 0 spiro atoms. The van der Waals surface area contributed by atoms with Crippen molar-refractivity contribution in [2.24, 2.45) is 0 Å². The number of carbonyl (C=O) groups is 3. The lowest BCUT2D eigenvalue weighted by Crippen LogP contribution is -2.47. The van der Waals surface area contributed by atoms with Crippen LogP contribution in [0.1, 0.15) is 5.56 Å². The molecule has 6 nitrogen and oxygen atoms in total. The molecule has 0 bridgehead atoms. The zero-order chi connectivity index (χ0) is 18.0. The number of halogens is 1. The van der Waals surface area contributed by atoms with Crippen molar-refractivity contribution in [1.29, 1.82) is 0 Å². The first-order valence-corrected chi connectivity index (χ1v) is 9.48. The summed E-state index contributed by atoms with van der Waals surface area (Å²) in [4.78, 5) is 37.3. The fourth-order valence-corrected chi connectivity index (χ4v) is 4.45. The molecule has 2 aliphatic rings. The maximum absolute atomic E-state index is 13.7. The van der Waals surface area contributed by atoms with Gasteiger partial charge in [-0.05, 0) is 23.9 Å². The summed E-state index contributed by atoms with van der Waals surface area (Å²) in [6.07, 6.45) is 0.667. The number of thioether (sulfide) groups is 2. The quantitative estimate of drug-likeness (QED) is 0.767. The Labute approximate surface area is 151 Å². The van der Waals surface area contributed by atoms with Gasteiger partial charge >= 0.3 is 0 Å². The van der Waals surface area contributed by atoms with Gasteiger partial charge in [-0.15, -0.1) is 0 Å². The second kappa shape index (κ2) is 7.59. The molecule has 0 aliphatic carbocycles. The second-order valence-electron chi connectivity index (χ2n) is 5.57. The van der Waals surface area contributed by atoms with Gasteiger partial charge < -0.3 is 10.4 Å². The van der Waals surface area contributed by atoms with Gasteiger partial charge in [-0.25, -0.2) is 4.39 Å². The number of nitrogens with one attached hydrogen (secondary N) is 1. The molecule has 132 valence electrons. The van der Waals surface area contributed by atoms with E-state index in [1.807, 2.05) is 0 Å². The molecule has 0 unspecified atom stereocenters. The average Bonchev–Trinajstić information content (AvgIpc) is 3.08. The molecule has 2 fully saturated rings. The third kappa shape index (κ3) is 4.05. The standard InChI is InChI=1S/C16H15FN2O4S2/c17-10-4-2-1-3-9(10)5-13-15(22)19(16(23)25-13)6-14(21)18-11-7-24-8-12(11)20/h1-5,11-12,20H,6-8H2,(H,18,21)/t11-,12+/m1/s1. The molecule has 2 heterocycles. The molecular formula is C16H15FN2O4S2. The van der Waals surface area contributed by atoms with Crippen LogP contribution in [0.25, 0.3) is 6.08 Å². The molecule has 2 saturated heterocycles. The van der Waals surface area contributed by atoms with Crippen molar-refractivity contribution in [3.8, 4) is 0 Å². The predicted octanol–water partition coefficient (Wildman–Crippen LogP) is 1.45. The number of aliphatic hydroxyl groups is 1. The van der Waals surface area contributed by atoms with E-state index in [4.69, 9.17) is 0 Å². The topological polar surface area (TPSA) is 86.7 Å².